The number of ketones is 3. The van der Waals surface area contributed by atoms with Gasteiger partial charge in [0.2, 0.25) is 22.8 Å². The summed E-state index contributed by atoms with van der Waals surface area (Å²) in [5.41, 5.74) is 4.51. The Kier molecular flexibility index (Phi) is 5.54. The number of pyridine rings is 1. The summed E-state index contributed by atoms with van der Waals surface area (Å²) >= 11 is 0. The van der Waals surface area contributed by atoms with Crippen molar-refractivity contribution in [3.63, 3.8) is 0 Å². The zero-order chi connectivity index (χ0) is 23.8. The van der Waals surface area contributed by atoms with Gasteiger partial charge in [-0.2, -0.15) is 4.57 Å². The Labute approximate surface area is 198 Å². The molecule has 3 aromatic rings. The average molecular weight is 450 g/mol. The first-order chi connectivity index (χ1) is 16.5. The van der Waals surface area contributed by atoms with Crippen LogP contribution in [0.1, 0.15) is 25.1 Å². The van der Waals surface area contributed by atoms with E-state index in [-0.39, 0.29) is 5.57 Å². The van der Waals surface area contributed by atoms with E-state index in [1.165, 1.54) is 0 Å². The lowest BCUT2D eigenvalue weighted by atomic mass is 9.99. The van der Waals surface area contributed by atoms with Gasteiger partial charge in [0.15, 0.2) is 5.78 Å². The Morgan fingerprint density at radius 2 is 1.65 bits per heavy atom. The Morgan fingerprint density at radius 1 is 0.882 bits per heavy atom. The van der Waals surface area contributed by atoms with Gasteiger partial charge in [0.1, 0.15) is 12.5 Å². The van der Waals surface area contributed by atoms with Crippen molar-refractivity contribution < 1.29 is 19.0 Å². The molecular formula is C29H25N2O3+. The summed E-state index contributed by atoms with van der Waals surface area (Å²) in [6.45, 7) is 5.37. The lowest BCUT2D eigenvalue weighted by Gasteiger charge is -2.29. The van der Waals surface area contributed by atoms with Crippen molar-refractivity contribution in [2.75, 3.05) is 11.4 Å². The van der Waals surface area contributed by atoms with Crippen LogP contribution in [0.4, 0.5) is 5.69 Å². The van der Waals surface area contributed by atoms with E-state index in [9.17, 15) is 14.4 Å². The Bertz CT molecular complexity index is 1440. The molecule has 2 aliphatic rings. The zero-order valence-corrected chi connectivity index (χ0v) is 19.2. The van der Waals surface area contributed by atoms with Crippen LogP contribution >= 0.6 is 0 Å². The molecule has 0 radical (unpaired) electrons. The zero-order valence-electron chi connectivity index (χ0n) is 19.2. The highest BCUT2D eigenvalue weighted by molar-refractivity contribution is 6.61. The minimum atomic E-state index is -1.10. The molecule has 1 aliphatic heterocycles. The molecular weight excluding hydrogens is 424 g/mol. The van der Waals surface area contributed by atoms with E-state index in [1.807, 2.05) is 91.2 Å². The molecule has 0 N–H and O–H groups in total. The summed E-state index contributed by atoms with van der Waals surface area (Å²) in [4.78, 5) is 41.1. The van der Waals surface area contributed by atoms with E-state index in [2.05, 4.69) is 4.90 Å². The minimum absolute atomic E-state index is 0.0485. The van der Waals surface area contributed by atoms with E-state index in [0.29, 0.717) is 13.1 Å². The standard InChI is InChI=1S/C29H25N2O3/c1-3-30-21(15-13-19-9-5-7-11-25(19)30)17-23-27(32)24(29(34)28(23)33)18-22-16-14-20-10-6-8-12-26(20)31(22)4-2/h5-18,23H,3-4H2,1-2H3/q+1/b21-17-,24-18-. The van der Waals surface area contributed by atoms with Crippen molar-refractivity contribution in [1.29, 1.82) is 0 Å². The number of carbonyl (C=O) groups excluding carboxylic acids is 3. The minimum Gasteiger partial charge on any atom is -0.342 e. The van der Waals surface area contributed by atoms with Crippen molar-refractivity contribution in [3.8, 4) is 0 Å². The normalized spacial score (nSPS) is 20.1. The van der Waals surface area contributed by atoms with Crippen LogP contribution in [0.25, 0.3) is 23.1 Å². The van der Waals surface area contributed by atoms with Crippen LogP contribution in [0, 0.1) is 5.92 Å². The lowest BCUT2D eigenvalue weighted by Crippen LogP contribution is -2.36. The molecule has 0 bridgehead atoms. The molecule has 5 heteroatoms. The van der Waals surface area contributed by atoms with E-state index < -0.39 is 23.3 Å². The molecule has 0 saturated heterocycles. The SMILES string of the molecule is CCN1/C(=C\C2C(=O)C(=O)/C(=C\c3ccc4ccccc4[n+]3CC)C2=O)C=Cc2ccccc21. The third-order valence-electron chi connectivity index (χ3n) is 6.51. The smallest absolute Gasteiger partial charge is 0.233 e. The fourth-order valence-corrected chi connectivity index (χ4v) is 4.81. The van der Waals surface area contributed by atoms with Crippen molar-refractivity contribution >= 4 is 46.1 Å². The highest BCUT2D eigenvalue weighted by Gasteiger charge is 2.44. The predicted molar refractivity (Wildman–Crippen MR) is 133 cm³/mol. The number of nitrogens with zero attached hydrogens (tertiary/aromatic N) is 2. The molecule has 168 valence electrons. The van der Waals surface area contributed by atoms with E-state index >= 15 is 0 Å². The fraction of sp³-hybridized carbons (Fsp3) is 0.172. The fourth-order valence-electron chi connectivity index (χ4n) is 4.81. The molecule has 0 amide bonds. The molecule has 0 spiro atoms. The van der Waals surface area contributed by atoms with Gasteiger partial charge in [0.05, 0.1) is 5.57 Å². The number of aromatic nitrogens is 1. The van der Waals surface area contributed by atoms with Crippen molar-refractivity contribution in [3.05, 3.63) is 95.3 Å². The number of carbonyl (C=O) groups is 3. The number of hydrogen-bond acceptors (Lipinski definition) is 4. The third kappa shape index (κ3) is 3.50. The Hall–Kier alpha value is -4.12. The van der Waals surface area contributed by atoms with Gasteiger partial charge < -0.3 is 4.90 Å². The summed E-state index contributed by atoms with van der Waals surface area (Å²) in [6, 6.07) is 19.8. The van der Waals surface area contributed by atoms with Crippen LogP contribution in [0.3, 0.4) is 0 Å². The van der Waals surface area contributed by atoms with Gasteiger partial charge in [-0.3, -0.25) is 14.4 Å². The maximum atomic E-state index is 13.3. The van der Waals surface area contributed by atoms with Gasteiger partial charge in [-0.05, 0) is 49.8 Å². The maximum Gasteiger partial charge on any atom is 0.233 e. The predicted octanol–water partition coefficient (Wildman–Crippen LogP) is 4.30. The number of fused-ring (bicyclic) bond motifs is 2. The highest BCUT2D eigenvalue weighted by Crippen LogP contribution is 2.33. The molecule has 1 aromatic heterocycles. The number of hydrogen-bond donors (Lipinski definition) is 0. The molecule has 34 heavy (non-hydrogen) atoms. The van der Waals surface area contributed by atoms with Crippen LogP contribution < -0.4 is 9.47 Å². The van der Waals surface area contributed by atoms with Crippen LogP contribution in [0.5, 0.6) is 0 Å². The van der Waals surface area contributed by atoms with Gasteiger partial charge in [-0.1, -0.05) is 36.4 Å². The van der Waals surface area contributed by atoms with Crippen LogP contribution in [-0.4, -0.2) is 23.9 Å². The number of rotatable bonds is 4. The maximum absolute atomic E-state index is 13.3. The second-order valence-corrected chi connectivity index (χ2v) is 8.38. The molecule has 5 nitrogen and oxygen atoms in total. The first-order valence-electron chi connectivity index (χ1n) is 11.6. The van der Waals surface area contributed by atoms with Gasteiger partial charge in [-0.25, -0.2) is 0 Å². The monoisotopic (exact) mass is 449 g/mol. The molecule has 1 unspecified atom stereocenters. The largest absolute Gasteiger partial charge is 0.342 e. The molecule has 2 heterocycles. The van der Waals surface area contributed by atoms with E-state index in [0.717, 1.165) is 33.5 Å². The third-order valence-corrected chi connectivity index (χ3v) is 6.51. The molecule has 1 fully saturated rings. The molecule has 2 aromatic carbocycles. The second-order valence-electron chi connectivity index (χ2n) is 8.38. The van der Waals surface area contributed by atoms with Gasteiger partial charge in [-0.15, -0.1) is 0 Å². The Morgan fingerprint density at radius 3 is 2.44 bits per heavy atom. The highest BCUT2D eigenvalue weighted by atomic mass is 16.2. The molecule has 1 atom stereocenters. The van der Waals surface area contributed by atoms with Crippen LogP contribution in [-0.2, 0) is 20.9 Å². The number of allylic oxidation sites excluding steroid dienone is 3. The quantitative estimate of drug-likeness (QED) is 0.196. The molecule has 5 rings (SSSR count). The molecule has 1 aliphatic carbocycles. The van der Waals surface area contributed by atoms with Crippen molar-refractivity contribution in [2.45, 2.75) is 20.4 Å². The number of aryl methyl sites for hydroxylation is 1. The summed E-state index contributed by atoms with van der Waals surface area (Å²) in [6.07, 6.45) is 7.07. The van der Waals surface area contributed by atoms with Crippen LogP contribution in [0.15, 0.2) is 84.1 Å². The Balaban J connectivity index is 1.54. The lowest BCUT2D eigenvalue weighted by molar-refractivity contribution is -0.669. The summed E-state index contributed by atoms with van der Waals surface area (Å²) in [5.74, 6) is -2.93. The first kappa shape index (κ1) is 21.7. The summed E-state index contributed by atoms with van der Waals surface area (Å²) in [7, 11) is 0. The number of likely N-dealkylation sites (N-methyl/N-ethyl adjacent to an activating group) is 1. The summed E-state index contributed by atoms with van der Waals surface area (Å²) < 4.78 is 2.04. The first-order valence-corrected chi connectivity index (χ1v) is 11.6. The summed E-state index contributed by atoms with van der Waals surface area (Å²) in [5, 5.41) is 1.07. The topological polar surface area (TPSA) is 58.3 Å². The van der Waals surface area contributed by atoms with Gasteiger partial charge >= 0.3 is 0 Å². The van der Waals surface area contributed by atoms with Gasteiger partial charge in [0.25, 0.3) is 0 Å². The second kappa shape index (κ2) is 8.67. The van der Waals surface area contributed by atoms with Gasteiger partial charge in [0, 0.05) is 41.5 Å². The van der Waals surface area contributed by atoms with Crippen molar-refractivity contribution in [2.24, 2.45) is 5.92 Å². The molecule has 1 saturated carbocycles. The van der Waals surface area contributed by atoms with Crippen LogP contribution in [0.2, 0.25) is 0 Å². The van der Waals surface area contributed by atoms with E-state index in [1.54, 1.807) is 12.2 Å². The number of para-hydroxylation sites is 2. The van der Waals surface area contributed by atoms with E-state index in [4.69, 9.17) is 0 Å². The number of anilines is 1. The average Bonchev–Trinajstić information content (AvgIpc) is 3.06. The number of Topliss-reactive ketones (excluding diaryl/α,β-unsaturated/α-hetero) is 3. The van der Waals surface area contributed by atoms with Crippen molar-refractivity contribution in [1.82, 2.24) is 0 Å². The number of benzene rings is 2.